The largest absolute Gasteiger partial charge is 0.398 e. The molecular formula is C12H18O6. The zero-order chi connectivity index (χ0) is 14.4. The SMILES string of the molecule is C=CC(=O)OC(O)(COC(C)(C)C)OC(=O)C=C. The second-order valence-corrected chi connectivity index (χ2v) is 4.36. The lowest BCUT2D eigenvalue weighted by Crippen LogP contribution is -2.45. The third-order valence-electron chi connectivity index (χ3n) is 1.54. The van der Waals surface area contributed by atoms with Crippen LogP contribution in [-0.4, -0.2) is 35.2 Å². The summed E-state index contributed by atoms with van der Waals surface area (Å²) in [5.41, 5.74) is -0.616. The van der Waals surface area contributed by atoms with Crippen molar-refractivity contribution in [1.29, 1.82) is 0 Å². The van der Waals surface area contributed by atoms with Crippen LogP contribution in [0.2, 0.25) is 0 Å². The van der Waals surface area contributed by atoms with E-state index in [-0.39, 0.29) is 0 Å². The molecule has 102 valence electrons. The summed E-state index contributed by atoms with van der Waals surface area (Å²) < 4.78 is 14.3. The average Bonchev–Trinajstić information content (AvgIpc) is 2.25. The summed E-state index contributed by atoms with van der Waals surface area (Å²) >= 11 is 0. The molecule has 6 nitrogen and oxygen atoms in total. The molecule has 0 rings (SSSR count). The van der Waals surface area contributed by atoms with Crippen molar-refractivity contribution in [2.45, 2.75) is 32.3 Å². The highest BCUT2D eigenvalue weighted by atomic mass is 16.9. The lowest BCUT2D eigenvalue weighted by molar-refractivity contribution is -0.344. The standard InChI is InChI=1S/C12H18O6/c1-6-9(13)17-12(15,18-10(14)7-2)8-16-11(3,4)5/h6-7,15H,1-2,8H2,3-5H3. The third kappa shape index (κ3) is 6.82. The monoisotopic (exact) mass is 258 g/mol. The van der Waals surface area contributed by atoms with Crippen LogP contribution in [0.3, 0.4) is 0 Å². The number of rotatable bonds is 6. The molecule has 0 amide bonds. The van der Waals surface area contributed by atoms with Crippen molar-refractivity contribution < 1.29 is 28.9 Å². The Hall–Kier alpha value is -1.66. The molecule has 0 saturated carbocycles. The highest BCUT2D eigenvalue weighted by Gasteiger charge is 2.37. The third-order valence-corrected chi connectivity index (χ3v) is 1.54. The molecule has 0 spiro atoms. The van der Waals surface area contributed by atoms with Crippen molar-refractivity contribution in [2.24, 2.45) is 0 Å². The first-order valence-corrected chi connectivity index (χ1v) is 5.19. The number of esters is 2. The maximum absolute atomic E-state index is 11.0. The molecule has 18 heavy (non-hydrogen) atoms. The number of carbonyl (C=O) groups excluding carboxylic acids is 2. The van der Waals surface area contributed by atoms with Gasteiger partial charge >= 0.3 is 17.9 Å². The fourth-order valence-corrected chi connectivity index (χ4v) is 0.785. The van der Waals surface area contributed by atoms with Crippen LogP contribution in [0.4, 0.5) is 0 Å². The highest BCUT2D eigenvalue weighted by Crippen LogP contribution is 2.16. The molecule has 1 N–H and O–H groups in total. The van der Waals surface area contributed by atoms with Crippen LogP contribution in [0.25, 0.3) is 0 Å². The van der Waals surface area contributed by atoms with E-state index in [0.717, 1.165) is 12.2 Å². The molecule has 0 aromatic carbocycles. The maximum atomic E-state index is 11.0. The molecule has 0 aliphatic carbocycles. The minimum absolute atomic E-state index is 0.532. The zero-order valence-corrected chi connectivity index (χ0v) is 10.8. The van der Waals surface area contributed by atoms with Crippen LogP contribution >= 0.6 is 0 Å². The van der Waals surface area contributed by atoms with Gasteiger partial charge in [-0.05, 0) is 20.8 Å². The van der Waals surface area contributed by atoms with Crippen molar-refractivity contribution in [3.05, 3.63) is 25.3 Å². The van der Waals surface area contributed by atoms with E-state index in [9.17, 15) is 14.7 Å². The van der Waals surface area contributed by atoms with Gasteiger partial charge in [-0.3, -0.25) is 0 Å². The predicted octanol–water partition coefficient (Wildman–Crippen LogP) is 0.906. The lowest BCUT2D eigenvalue weighted by Gasteiger charge is -2.29. The zero-order valence-electron chi connectivity index (χ0n) is 10.8. The fourth-order valence-electron chi connectivity index (χ4n) is 0.785. The average molecular weight is 258 g/mol. The summed E-state index contributed by atoms with van der Waals surface area (Å²) in [5, 5.41) is 9.87. The van der Waals surface area contributed by atoms with Crippen LogP contribution in [0.5, 0.6) is 0 Å². The Kier molecular flexibility index (Phi) is 5.74. The summed E-state index contributed by atoms with van der Waals surface area (Å²) in [4.78, 5) is 22.1. The van der Waals surface area contributed by atoms with Crippen LogP contribution in [0.1, 0.15) is 20.8 Å². The van der Waals surface area contributed by atoms with E-state index in [0.29, 0.717) is 0 Å². The fraction of sp³-hybridized carbons (Fsp3) is 0.500. The van der Waals surface area contributed by atoms with Crippen LogP contribution < -0.4 is 0 Å². The van der Waals surface area contributed by atoms with Crippen LogP contribution in [-0.2, 0) is 23.8 Å². The number of ether oxygens (including phenoxy) is 3. The summed E-state index contributed by atoms with van der Waals surface area (Å²) in [5.74, 6) is -4.41. The van der Waals surface area contributed by atoms with Gasteiger partial charge in [-0.25, -0.2) is 9.59 Å². The molecule has 0 unspecified atom stereocenters. The van der Waals surface area contributed by atoms with E-state index in [2.05, 4.69) is 22.6 Å². The molecule has 0 bridgehead atoms. The van der Waals surface area contributed by atoms with Crippen molar-refractivity contribution in [3.8, 4) is 0 Å². The van der Waals surface area contributed by atoms with Gasteiger partial charge in [0, 0.05) is 12.2 Å². The molecule has 0 aliphatic heterocycles. The van der Waals surface area contributed by atoms with Gasteiger partial charge in [0.15, 0.2) is 6.61 Å². The smallest absolute Gasteiger partial charge is 0.393 e. The van der Waals surface area contributed by atoms with Gasteiger partial charge in [-0.2, -0.15) is 0 Å². The predicted molar refractivity (Wildman–Crippen MR) is 63.2 cm³/mol. The molecule has 0 aromatic rings. The first kappa shape index (κ1) is 16.3. The Balaban J connectivity index is 4.78. The summed E-state index contributed by atoms with van der Waals surface area (Å²) in [6, 6.07) is 0. The molecule has 0 fully saturated rings. The van der Waals surface area contributed by atoms with Crippen molar-refractivity contribution in [2.75, 3.05) is 6.61 Å². The lowest BCUT2D eigenvalue weighted by atomic mass is 10.2. The Labute approximate surface area is 106 Å². The van der Waals surface area contributed by atoms with E-state index in [1.54, 1.807) is 20.8 Å². The maximum Gasteiger partial charge on any atom is 0.398 e. The number of hydrogen-bond acceptors (Lipinski definition) is 6. The van der Waals surface area contributed by atoms with E-state index >= 15 is 0 Å². The molecular weight excluding hydrogens is 240 g/mol. The summed E-state index contributed by atoms with van der Waals surface area (Å²) in [6.07, 6.45) is 1.65. The molecule has 0 heterocycles. The summed E-state index contributed by atoms with van der Waals surface area (Å²) in [6.45, 7) is 11.0. The molecule has 0 aliphatic rings. The minimum atomic E-state index is -2.51. The quantitative estimate of drug-likeness (QED) is 0.433. The molecule has 6 heteroatoms. The molecule has 0 radical (unpaired) electrons. The van der Waals surface area contributed by atoms with Gasteiger partial charge in [0.05, 0.1) is 5.60 Å². The van der Waals surface area contributed by atoms with Gasteiger partial charge in [-0.1, -0.05) is 13.2 Å². The van der Waals surface area contributed by atoms with Gasteiger partial charge < -0.3 is 19.3 Å². The van der Waals surface area contributed by atoms with E-state index in [1.807, 2.05) is 0 Å². The highest BCUT2D eigenvalue weighted by molar-refractivity contribution is 5.83. The van der Waals surface area contributed by atoms with Crippen molar-refractivity contribution in [1.82, 2.24) is 0 Å². The second kappa shape index (κ2) is 6.32. The topological polar surface area (TPSA) is 82.1 Å². The Morgan fingerprint density at radius 2 is 1.50 bits per heavy atom. The Morgan fingerprint density at radius 1 is 1.11 bits per heavy atom. The van der Waals surface area contributed by atoms with Gasteiger partial charge in [0.1, 0.15) is 0 Å². The van der Waals surface area contributed by atoms with E-state index in [4.69, 9.17) is 4.74 Å². The number of hydrogen-bond donors (Lipinski definition) is 1. The Morgan fingerprint density at radius 3 is 1.78 bits per heavy atom. The first-order valence-electron chi connectivity index (χ1n) is 5.19. The number of carbonyl (C=O) groups is 2. The first-order chi connectivity index (χ1) is 8.12. The normalized spacial score (nSPS) is 11.6. The van der Waals surface area contributed by atoms with Gasteiger partial charge in [0.2, 0.25) is 0 Å². The van der Waals surface area contributed by atoms with E-state index in [1.165, 1.54) is 0 Å². The van der Waals surface area contributed by atoms with Gasteiger partial charge in [0.25, 0.3) is 0 Å². The van der Waals surface area contributed by atoms with Crippen LogP contribution in [0.15, 0.2) is 25.3 Å². The van der Waals surface area contributed by atoms with Crippen LogP contribution in [0, 0.1) is 0 Å². The van der Waals surface area contributed by atoms with Gasteiger partial charge in [-0.15, -0.1) is 0 Å². The Bertz CT molecular complexity index is 317. The molecule has 0 atom stereocenters. The number of aliphatic hydroxyl groups is 1. The van der Waals surface area contributed by atoms with Crippen molar-refractivity contribution >= 4 is 11.9 Å². The second-order valence-electron chi connectivity index (χ2n) is 4.36. The van der Waals surface area contributed by atoms with Crippen molar-refractivity contribution in [3.63, 3.8) is 0 Å². The van der Waals surface area contributed by atoms with E-state index < -0.39 is 30.1 Å². The molecule has 0 aromatic heterocycles. The minimum Gasteiger partial charge on any atom is -0.393 e. The molecule has 0 saturated heterocycles. The summed E-state index contributed by atoms with van der Waals surface area (Å²) in [7, 11) is 0.